The molecule has 6 heteroatoms. The van der Waals surface area contributed by atoms with Crippen LogP contribution in [-0.2, 0) is 19.0 Å². The van der Waals surface area contributed by atoms with E-state index in [1.54, 1.807) is 31.4 Å². The van der Waals surface area contributed by atoms with Crippen LogP contribution >= 0.6 is 0 Å². The lowest BCUT2D eigenvalue weighted by Crippen LogP contribution is -2.51. The molecule has 0 bridgehead atoms. The summed E-state index contributed by atoms with van der Waals surface area (Å²) in [5.41, 5.74) is -0.859. The molecule has 0 fully saturated rings. The second-order valence-corrected chi connectivity index (χ2v) is 19.2. The van der Waals surface area contributed by atoms with Gasteiger partial charge in [-0.15, -0.1) is 0 Å². The Balaban J connectivity index is 2.17. The molecule has 0 saturated heterocycles. The first-order valence-electron chi connectivity index (χ1n) is 12.1. The molecule has 1 aromatic rings. The lowest BCUT2D eigenvalue weighted by molar-refractivity contribution is 0.0791. The SMILES string of the molecule is COC1=C[C@@H]2[C@H](S(=O)(=O)c3ccccc3)CC(C)(C)[C@@H](O[Si](C)(C)C(C)(C)C)/C=C\[C@]2(C)C=C1. The lowest BCUT2D eigenvalue weighted by Gasteiger charge is -2.48. The minimum absolute atomic E-state index is 0.0576. The van der Waals surface area contributed by atoms with E-state index in [0.29, 0.717) is 17.1 Å². The summed E-state index contributed by atoms with van der Waals surface area (Å²) >= 11 is 0. The van der Waals surface area contributed by atoms with Gasteiger partial charge >= 0.3 is 0 Å². The predicted molar refractivity (Wildman–Crippen MR) is 143 cm³/mol. The standard InChI is InChI=1S/C28H42O4SSi/c1-26(2,3)34(8,9)32-25-16-18-28(6)17-15-21(31-7)19-23(28)24(20-27(25,4)5)33(29,30)22-13-11-10-12-14-22/h10-19,23-25H,20H2,1-9H3/b18-16-/t23-,24-,25+,28+/m1/s1. The number of hydrogen-bond donors (Lipinski definition) is 0. The van der Waals surface area contributed by atoms with Crippen molar-refractivity contribution in [3.63, 3.8) is 0 Å². The summed E-state index contributed by atoms with van der Waals surface area (Å²) in [7, 11) is -4.08. The highest BCUT2D eigenvalue weighted by atomic mass is 32.2. The van der Waals surface area contributed by atoms with Crippen molar-refractivity contribution in [1.29, 1.82) is 0 Å². The van der Waals surface area contributed by atoms with E-state index in [1.807, 2.05) is 18.2 Å². The molecule has 0 saturated carbocycles. The molecule has 4 atom stereocenters. The number of allylic oxidation sites excluding steroid dienone is 4. The summed E-state index contributed by atoms with van der Waals surface area (Å²) in [4.78, 5) is 0.367. The Morgan fingerprint density at radius 1 is 1.03 bits per heavy atom. The molecule has 2 aliphatic carbocycles. The van der Waals surface area contributed by atoms with Crippen LogP contribution in [0.15, 0.2) is 71.4 Å². The fraction of sp³-hybridized carbons (Fsp3) is 0.571. The first-order chi connectivity index (χ1) is 15.5. The lowest BCUT2D eigenvalue weighted by atomic mass is 9.66. The van der Waals surface area contributed by atoms with Gasteiger partial charge in [-0.05, 0) is 54.3 Å². The van der Waals surface area contributed by atoms with Crippen molar-refractivity contribution in [3.05, 3.63) is 66.5 Å². The molecule has 188 valence electrons. The number of fused-ring (bicyclic) bond motifs is 1. The Morgan fingerprint density at radius 2 is 1.65 bits per heavy atom. The van der Waals surface area contributed by atoms with Crippen molar-refractivity contribution in [2.24, 2.45) is 16.7 Å². The quantitative estimate of drug-likeness (QED) is 0.324. The monoisotopic (exact) mass is 502 g/mol. The first kappa shape index (κ1) is 27.0. The third-order valence-electron chi connectivity index (χ3n) is 8.13. The Bertz CT molecular complexity index is 1080. The average molecular weight is 503 g/mol. The Labute approximate surface area is 208 Å². The van der Waals surface area contributed by atoms with Crippen LogP contribution in [0.5, 0.6) is 0 Å². The van der Waals surface area contributed by atoms with Gasteiger partial charge in [0.05, 0.1) is 23.4 Å². The average Bonchev–Trinajstić information content (AvgIpc) is 2.74. The van der Waals surface area contributed by atoms with Crippen LogP contribution in [-0.4, -0.2) is 35.2 Å². The van der Waals surface area contributed by atoms with Gasteiger partial charge in [-0.2, -0.15) is 0 Å². The van der Waals surface area contributed by atoms with E-state index in [9.17, 15) is 8.42 Å². The Morgan fingerprint density at radius 3 is 2.21 bits per heavy atom. The largest absolute Gasteiger partial charge is 0.497 e. The molecule has 0 radical (unpaired) electrons. The summed E-state index contributed by atoms with van der Waals surface area (Å²) in [6.45, 7) is 17.6. The Kier molecular flexibility index (Phi) is 7.22. The molecule has 0 aromatic heterocycles. The summed E-state index contributed by atoms with van der Waals surface area (Å²) in [6.07, 6.45) is 10.7. The molecule has 3 rings (SSSR count). The highest BCUT2D eigenvalue weighted by Crippen LogP contribution is 2.50. The molecule has 0 N–H and O–H groups in total. The van der Waals surface area contributed by atoms with E-state index >= 15 is 0 Å². The molecule has 34 heavy (non-hydrogen) atoms. The second-order valence-electron chi connectivity index (χ2n) is 12.2. The van der Waals surface area contributed by atoms with Crippen LogP contribution in [0, 0.1) is 16.7 Å². The van der Waals surface area contributed by atoms with Crippen molar-refractivity contribution >= 4 is 18.2 Å². The molecular weight excluding hydrogens is 460 g/mol. The topological polar surface area (TPSA) is 52.6 Å². The number of benzene rings is 1. The van der Waals surface area contributed by atoms with E-state index in [2.05, 4.69) is 72.9 Å². The molecule has 0 unspecified atom stereocenters. The second kappa shape index (κ2) is 9.10. The first-order valence-corrected chi connectivity index (χ1v) is 16.6. The van der Waals surface area contributed by atoms with Crippen molar-refractivity contribution < 1.29 is 17.6 Å². The number of methoxy groups -OCH3 is 1. The zero-order valence-electron chi connectivity index (χ0n) is 22.3. The van der Waals surface area contributed by atoms with Crippen molar-refractivity contribution in [2.75, 3.05) is 7.11 Å². The van der Waals surface area contributed by atoms with E-state index in [-0.39, 0.29) is 22.5 Å². The third-order valence-corrected chi connectivity index (χ3v) is 14.8. The van der Waals surface area contributed by atoms with Crippen molar-refractivity contribution in [3.8, 4) is 0 Å². The molecule has 0 aliphatic heterocycles. The van der Waals surface area contributed by atoms with Gasteiger partial charge in [0.25, 0.3) is 0 Å². The fourth-order valence-corrected chi connectivity index (χ4v) is 8.37. The highest BCUT2D eigenvalue weighted by Gasteiger charge is 2.50. The van der Waals surface area contributed by atoms with Gasteiger partial charge in [0.1, 0.15) is 5.76 Å². The maximum atomic E-state index is 14.1. The summed E-state index contributed by atoms with van der Waals surface area (Å²) < 4.78 is 40.7. The van der Waals surface area contributed by atoms with Crippen molar-refractivity contribution in [1.82, 2.24) is 0 Å². The zero-order chi connectivity index (χ0) is 25.6. The van der Waals surface area contributed by atoms with E-state index in [4.69, 9.17) is 9.16 Å². The molecule has 0 heterocycles. The Hall–Kier alpha value is -1.63. The summed E-state index contributed by atoms with van der Waals surface area (Å²) in [6, 6.07) is 8.85. The van der Waals surface area contributed by atoms with E-state index in [1.165, 1.54) is 0 Å². The smallest absolute Gasteiger partial charge is 0.192 e. The fourth-order valence-electron chi connectivity index (χ4n) is 4.69. The summed E-state index contributed by atoms with van der Waals surface area (Å²) in [5.74, 6) is 0.443. The van der Waals surface area contributed by atoms with Gasteiger partial charge in [-0.25, -0.2) is 8.42 Å². The van der Waals surface area contributed by atoms with Gasteiger partial charge < -0.3 is 9.16 Å². The van der Waals surface area contributed by atoms with Crippen LogP contribution in [0.25, 0.3) is 0 Å². The van der Waals surface area contributed by atoms with E-state index in [0.717, 1.165) is 0 Å². The number of sulfone groups is 1. The van der Waals surface area contributed by atoms with Gasteiger partial charge in [0.2, 0.25) is 0 Å². The van der Waals surface area contributed by atoms with Gasteiger partial charge in [0.15, 0.2) is 18.2 Å². The molecule has 1 aromatic carbocycles. The molecule has 4 nitrogen and oxygen atoms in total. The van der Waals surface area contributed by atoms with Crippen LogP contribution in [0.2, 0.25) is 18.1 Å². The van der Waals surface area contributed by atoms with E-state index < -0.39 is 28.8 Å². The van der Waals surface area contributed by atoms with Crippen LogP contribution in [0.1, 0.15) is 48.0 Å². The molecular formula is C28H42O4SSi. The maximum absolute atomic E-state index is 14.1. The van der Waals surface area contributed by atoms with Crippen molar-refractivity contribution in [2.45, 2.75) is 82.3 Å². The van der Waals surface area contributed by atoms with Crippen LogP contribution in [0.4, 0.5) is 0 Å². The highest BCUT2D eigenvalue weighted by molar-refractivity contribution is 7.92. The minimum Gasteiger partial charge on any atom is -0.497 e. The normalized spacial score (nSPS) is 30.5. The van der Waals surface area contributed by atoms with Crippen LogP contribution in [0.3, 0.4) is 0 Å². The summed E-state index contributed by atoms with van der Waals surface area (Å²) in [5, 5.41) is -0.567. The molecule has 2 aliphatic rings. The number of rotatable bonds is 5. The minimum atomic E-state index is -3.62. The number of ether oxygens (including phenoxy) is 1. The van der Waals surface area contributed by atoms with Gasteiger partial charge in [0, 0.05) is 11.3 Å². The number of hydrogen-bond acceptors (Lipinski definition) is 4. The molecule has 0 spiro atoms. The maximum Gasteiger partial charge on any atom is 0.192 e. The predicted octanol–water partition coefficient (Wildman–Crippen LogP) is 6.93. The third kappa shape index (κ3) is 5.14. The van der Waals surface area contributed by atoms with Crippen LogP contribution < -0.4 is 0 Å². The van der Waals surface area contributed by atoms with Gasteiger partial charge in [-0.3, -0.25) is 0 Å². The molecule has 0 amide bonds. The van der Waals surface area contributed by atoms with Gasteiger partial charge in [-0.1, -0.05) is 78.0 Å². The zero-order valence-corrected chi connectivity index (χ0v) is 24.1.